The van der Waals surface area contributed by atoms with Crippen LogP contribution in [0.2, 0.25) is 0 Å². The zero-order chi connectivity index (χ0) is 8.81. The lowest BCUT2D eigenvalue weighted by atomic mass is 9.96. The second-order valence-corrected chi connectivity index (χ2v) is 3.33. The van der Waals surface area contributed by atoms with E-state index in [1.54, 1.807) is 0 Å². The Morgan fingerprint density at radius 1 is 1.67 bits per heavy atom. The summed E-state index contributed by atoms with van der Waals surface area (Å²) in [4.78, 5) is 0. The summed E-state index contributed by atoms with van der Waals surface area (Å²) in [6.07, 6.45) is 7.24. The van der Waals surface area contributed by atoms with Crippen LogP contribution in [0.5, 0.6) is 0 Å². The first kappa shape index (κ1) is 9.42. The quantitative estimate of drug-likeness (QED) is 0.356. The van der Waals surface area contributed by atoms with Crippen molar-refractivity contribution >= 4 is 11.6 Å². The minimum Gasteiger partial charge on any atom is -0.122 e. The summed E-state index contributed by atoms with van der Waals surface area (Å²) in [5.74, 6) is 7.20. The highest BCUT2D eigenvalue weighted by Gasteiger charge is 2.06. The number of halogens is 1. The summed E-state index contributed by atoms with van der Waals surface area (Å²) in [6.45, 7) is 3.89. The molecule has 0 aromatic heterocycles. The molecule has 1 atom stereocenters. The number of hydrogen-bond acceptors (Lipinski definition) is 0. The molecule has 1 unspecified atom stereocenters. The van der Waals surface area contributed by atoms with Crippen molar-refractivity contribution in [1.29, 1.82) is 0 Å². The SMILES string of the molecule is C=C(CCl)CC1C=CC#CCC1. The molecule has 1 aliphatic carbocycles. The number of alkyl halides is 1. The molecule has 0 nitrogen and oxygen atoms in total. The number of allylic oxidation sites excluding steroid dienone is 3. The summed E-state index contributed by atoms with van der Waals surface area (Å²) in [6, 6.07) is 0. The van der Waals surface area contributed by atoms with Crippen LogP contribution in [0, 0.1) is 17.8 Å². The van der Waals surface area contributed by atoms with Gasteiger partial charge in [0.1, 0.15) is 0 Å². The highest BCUT2D eigenvalue weighted by atomic mass is 35.5. The van der Waals surface area contributed by atoms with Gasteiger partial charge in [0.05, 0.1) is 0 Å². The van der Waals surface area contributed by atoms with Gasteiger partial charge < -0.3 is 0 Å². The minimum atomic E-state index is 0.575. The first-order valence-corrected chi connectivity index (χ1v) is 4.74. The van der Waals surface area contributed by atoms with Crippen LogP contribution >= 0.6 is 11.6 Å². The molecule has 64 valence electrons. The molecule has 1 heteroatoms. The van der Waals surface area contributed by atoms with Gasteiger partial charge in [-0.25, -0.2) is 0 Å². The second-order valence-electron chi connectivity index (χ2n) is 3.07. The maximum Gasteiger partial charge on any atom is 0.0431 e. The van der Waals surface area contributed by atoms with E-state index in [-0.39, 0.29) is 0 Å². The van der Waals surface area contributed by atoms with Crippen LogP contribution < -0.4 is 0 Å². The lowest BCUT2D eigenvalue weighted by Crippen LogP contribution is -1.98. The van der Waals surface area contributed by atoms with Crippen molar-refractivity contribution in [2.24, 2.45) is 5.92 Å². The summed E-state index contributed by atoms with van der Waals surface area (Å²) in [7, 11) is 0. The third-order valence-electron chi connectivity index (χ3n) is 1.93. The molecule has 12 heavy (non-hydrogen) atoms. The van der Waals surface area contributed by atoms with Crippen LogP contribution in [-0.2, 0) is 0 Å². The molecule has 1 rings (SSSR count). The topological polar surface area (TPSA) is 0 Å². The van der Waals surface area contributed by atoms with Gasteiger partial charge in [0.25, 0.3) is 0 Å². The van der Waals surface area contributed by atoms with Crippen molar-refractivity contribution in [3.05, 3.63) is 24.3 Å². The van der Waals surface area contributed by atoms with Crippen LogP contribution in [0.3, 0.4) is 0 Å². The van der Waals surface area contributed by atoms with Gasteiger partial charge in [0.2, 0.25) is 0 Å². The van der Waals surface area contributed by atoms with E-state index in [2.05, 4.69) is 24.5 Å². The van der Waals surface area contributed by atoms with Crippen molar-refractivity contribution in [3.63, 3.8) is 0 Å². The minimum absolute atomic E-state index is 0.575. The van der Waals surface area contributed by atoms with Crippen LogP contribution in [0.25, 0.3) is 0 Å². The first-order valence-electron chi connectivity index (χ1n) is 4.20. The average molecular weight is 181 g/mol. The normalized spacial score (nSPS) is 20.9. The molecule has 0 saturated heterocycles. The summed E-state index contributed by atoms with van der Waals surface area (Å²) >= 11 is 5.66. The highest BCUT2D eigenvalue weighted by molar-refractivity contribution is 6.19. The Morgan fingerprint density at radius 2 is 2.50 bits per heavy atom. The molecule has 0 bridgehead atoms. The predicted octanol–water partition coefficient (Wildman–Crippen LogP) is 3.14. The molecule has 0 aliphatic heterocycles. The van der Waals surface area contributed by atoms with E-state index in [0.29, 0.717) is 11.8 Å². The maximum absolute atomic E-state index is 5.66. The van der Waals surface area contributed by atoms with Gasteiger partial charge >= 0.3 is 0 Å². The highest BCUT2D eigenvalue weighted by Crippen LogP contribution is 2.19. The Morgan fingerprint density at radius 3 is 3.25 bits per heavy atom. The van der Waals surface area contributed by atoms with Crippen molar-refractivity contribution in [2.45, 2.75) is 19.3 Å². The van der Waals surface area contributed by atoms with E-state index in [1.165, 1.54) is 0 Å². The Kier molecular flexibility index (Phi) is 3.97. The fourth-order valence-corrected chi connectivity index (χ4v) is 1.37. The molecule has 0 amide bonds. The van der Waals surface area contributed by atoms with Crippen molar-refractivity contribution in [2.75, 3.05) is 5.88 Å². The lowest BCUT2D eigenvalue weighted by molar-refractivity contribution is 0.600. The summed E-state index contributed by atoms with van der Waals surface area (Å²) in [5.41, 5.74) is 1.12. The van der Waals surface area contributed by atoms with E-state index in [1.807, 2.05) is 6.08 Å². The zero-order valence-electron chi connectivity index (χ0n) is 7.15. The molecule has 0 saturated carbocycles. The third-order valence-corrected chi connectivity index (χ3v) is 2.31. The molecular formula is C11H13Cl. The van der Waals surface area contributed by atoms with Gasteiger partial charge in [-0.15, -0.1) is 11.6 Å². The van der Waals surface area contributed by atoms with Crippen LogP contribution in [0.1, 0.15) is 19.3 Å². The van der Waals surface area contributed by atoms with Crippen molar-refractivity contribution < 1.29 is 0 Å². The van der Waals surface area contributed by atoms with E-state index in [9.17, 15) is 0 Å². The molecule has 1 aliphatic rings. The van der Waals surface area contributed by atoms with E-state index < -0.39 is 0 Å². The summed E-state index contributed by atoms with van der Waals surface area (Å²) in [5, 5.41) is 0. The molecule has 0 aromatic rings. The predicted molar refractivity (Wildman–Crippen MR) is 54.1 cm³/mol. The van der Waals surface area contributed by atoms with Gasteiger partial charge in [-0.1, -0.05) is 30.1 Å². The Balaban J connectivity index is 2.40. The first-order chi connectivity index (χ1) is 5.83. The molecular weight excluding hydrogens is 168 g/mol. The molecule has 0 N–H and O–H groups in total. The van der Waals surface area contributed by atoms with Crippen LogP contribution in [0.15, 0.2) is 24.3 Å². The number of rotatable bonds is 3. The molecule has 0 radical (unpaired) electrons. The molecule has 0 heterocycles. The molecule has 0 aromatic carbocycles. The van der Waals surface area contributed by atoms with Crippen molar-refractivity contribution in [1.82, 2.24) is 0 Å². The van der Waals surface area contributed by atoms with E-state index >= 15 is 0 Å². The van der Waals surface area contributed by atoms with Gasteiger partial charge in [0.15, 0.2) is 0 Å². The molecule has 0 spiro atoms. The van der Waals surface area contributed by atoms with Gasteiger partial charge in [-0.2, -0.15) is 0 Å². The summed E-state index contributed by atoms with van der Waals surface area (Å²) < 4.78 is 0. The fourth-order valence-electron chi connectivity index (χ4n) is 1.26. The number of hydrogen-bond donors (Lipinski definition) is 0. The van der Waals surface area contributed by atoms with Crippen LogP contribution in [-0.4, -0.2) is 5.88 Å². The standard InChI is InChI=1S/C11H13Cl/c1-10(9-12)8-11-6-4-2-3-5-7-11/h4,6,11H,1,5,7-9H2. The largest absolute Gasteiger partial charge is 0.122 e. The van der Waals surface area contributed by atoms with Gasteiger partial charge in [-0.05, 0) is 24.8 Å². The Hall–Kier alpha value is -0.670. The monoisotopic (exact) mass is 180 g/mol. The average Bonchev–Trinajstić information content (AvgIpc) is 2.33. The second kappa shape index (κ2) is 5.06. The van der Waals surface area contributed by atoms with Crippen LogP contribution in [0.4, 0.5) is 0 Å². The van der Waals surface area contributed by atoms with Crippen molar-refractivity contribution in [3.8, 4) is 11.8 Å². The smallest absolute Gasteiger partial charge is 0.0431 e. The molecule has 0 fully saturated rings. The van der Waals surface area contributed by atoms with Gasteiger partial charge in [-0.3, -0.25) is 0 Å². The van der Waals surface area contributed by atoms with E-state index in [4.69, 9.17) is 11.6 Å². The third kappa shape index (κ3) is 3.15. The Bertz CT molecular complexity index is 239. The Labute approximate surface area is 79.3 Å². The van der Waals surface area contributed by atoms with E-state index in [0.717, 1.165) is 24.8 Å². The fraction of sp³-hybridized carbons (Fsp3) is 0.455. The maximum atomic E-state index is 5.66. The zero-order valence-corrected chi connectivity index (χ0v) is 7.90. The lowest BCUT2D eigenvalue weighted by Gasteiger charge is -2.10. The van der Waals surface area contributed by atoms with Gasteiger partial charge in [0, 0.05) is 12.3 Å².